The van der Waals surface area contributed by atoms with Crippen LogP contribution >= 0.6 is 0 Å². The number of aliphatic hydroxyl groups is 2. The van der Waals surface area contributed by atoms with E-state index in [1.54, 1.807) is 78.1 Å². The van der Waals surface area contributed by atoms with Gasteiger partial charge in [-0.1, -0.05) is 92.1 Å². The monoisotopic (exact) mass is 1760 g/mol. The molecule has 1 saturated carbocycles. The number of methoxy groups -OCH3 is 2. The molecule has 1 aliphatic carbocycles. The van der Waals surface area contributed by atoms with Gasteiger partial charge in [0.15, 0.2) is 45.5 Å². The number of benzene rings is 4. The number of aryl methyl sites for hydroxylation is 3. The zero-order valence-electron chi connectivity index (χ0n) is 73.4. The van der Waals surface area contributed by atoms with Gasteiger partial charge in [-0.25, -0.2) is 58.1 Å². The van der Waals surface area contributed by atoms with Gasteiger partial charge >= 0.3 is 0 Å². The van der Waals surface area contributed by atoms with Crippen LogP contribution in [0.2, 0.25) is 0 Å². The van der Waals surface area contributed by atoms with Crippen molar-refractivity contribution in [2.75, 3.05) is 126 Å². The molecule has 2 saturated heterocycles. The van der Waals surface area contributed by atoms with E-state index in [0.717, 1.165) is 106 Å². The molecule has 3 fully saturated rings. The van der Waals surface area contributed by atoms with Crippen LogP contribution < -0.4 is 40.4 Å². The molecule has 0 bridgehead atoms. The third-order valence-electron chi connectivity index (χ3n) is 23.0. The highest BCUT2D eigenvalue weighted by atomic mass is 32.2. The molecule has 3 aliphatic rings. The summed E-state index contributed by atoms with van der Waals surface area (Å²) in [7, 11) is -6.82. The highest BCUT2D eigenvalue weighted by molar-refractivity contribution is 7.89. The largest absolute Gasteiger partial charge is 0.493 e. The average molecular weight is 1760 g/mol. The molecular weight excluding hydrogens is 1640 g/mol. The number of aromatic amines is 3. The van der Waals surface area contributed by atoms with Crippen molar-refractivity contribution in [2.24, 2.45) is 0 Å². The van der Waals surface area contributed by atoms with Gasteiger partial charge in [0.05, 0.1) is 95.7 Å². The van der Waals surface area contributed by atoms with Crippen molar-refractivity contribution in [3.8, 4) is 62.9 Å². The van der Waals surface area contributed by atoms with E-state index < -0.39 is 30.1 Å². The normalized spacial score (nSPS) is 15.1. The van der Waals surface area contributed by atoms with Crippen molar-refractivity contribution in [2.45, 2.75) is 204 Å². The third-order valence-corrected chi connectivity index (χ3v) is 28.6. The lowest BCUT2D eigenvalue weighted by atomic mass is 9.98. The van der Waals surface area contributed by atoms with Crippen molar-refractivity contribution in [1.29, 1.82) is 0 Å². The number of nitrogens with zero attached hydrogens (tertiary/aromatic N) is 14. The zero-order valence-corrected chi connectivity index (χ0v) is 75.8. The van der Waals surface area contributed by atoms with Gasteiger partial charge in [-0.2, -0.15) is 8.61 Å². The number of β-amino-alcohol motifs (C(OH)–C–C–N with tert-alkyl or cyclic N) is 2. The topological polar surface area (TPSA) is 394 Å². The lowest BCUT2D eigenvalue weighted by Crippen LogP contribution is -2.49. The number of H-pyrrole nitrogens is 3. The van der Waals surface area contributed by atoms with E-state index in [2.05, 4.69) is 42.6 Å². The van der Waals surface area contributed by atoms with E-state index in [4.69, 9.17) is 53.9 Å². The van der Waals surface area contributed by atoms with Crippen LogP contribution in [0.5, 0.6) is 28.7 Å². The number of fused-ring (bicyclic) bond motifs is 3. The minimum Gasteiger partial charge on any atom is -0.493 e. The number of sulfonamides is 3. The van der Waals surface area contributed by atoms with Crippen LogP contribution in [0.1, 0.15) is 203 Å². The van der Waals surface area contributed by atoms with Gasteiger partial charge in [-0.15, -0.1) is 15.3 Å². The molecule has 6 aromatic heterocycles. The molecule has 0 unspecified atom stereocenters. The number of aromatic nitrogens is 12. The Morgan fingerprint density at radius 3 is 1.26 bits per heavy atom. The molecular formula is C87H123N17O16S3. The van der Waals surface area contributed by atoms with E-state index in [0.29, 0.717) is 171 Å². The summed E-state index contributed by atoms with van der Waals surface area (Å²) >= 11 is 0. The third kappa shape index (κ3) is 21.4. The van der Waals surface area contributed by atoms with Crippen molar-refractivity contribution >= 4 is 46.6 Å². The smallest absolute Gasteiger partial charge is 0.277 e. The van der Waals surface area contributed by atoms with Crippen LogP contribution in [0.25, 0.3) is 50.7 Å². The number of hydrogen-bond acceptors (Lipinski definition) is 24. The lowest BCUT2D eigenvalue weighted by Gasteiger charge is -2.33. The van der Waals surface area contributed by atoms with Crippen molar-refractivity contribution in [3.05, 3.63) is 144 Å². The summed E-state index contributed by atoms with van der Waals surface area (Å²) in [4.78, 5) is 67.5. The Hall–Kier alpha value is -9.50. The number of rotatable bonds is 36. The van der Waals surface area contributed by atoms with Crippen molar-refractivity contribution < 1.29 is 59.2 Å². The number of nitrogens with one attached hydrogen (secondary N) is 3. The Labute approximate surface area is 720 Å². The summed E-state index contributed by atoms with van der Waals surface area (Å²) in [5.41, 5.74) is 4.29. The molecule has 4 aromatic carbocycles. The van der Waals surface area contributed by atoms with Crippen LogP contribution in [0.4, 0.5) is 0 Å². The fraction of sp³-hybridized carbons (Fsp3) is 0.552. The number of ether oxygens (including phenoxy) is 5. The first-order valence-electron chi connectivity index (χ1n) is 43.4. The summed E-state index contributed by atoms with van der Waals surface area (Å²) < 4.78 is 119. The van der Waals surface area contributed by atoms with Crippen LogP contribution in [-0.4, -0.2) is 243 Å². The van der Waals surface area contributed by atoms with Crippen LogP contribution in [0, 0.1) is 13.8 Å². The van der Waals surface area contributed by atoms with Gasteiger partial charge in [0.25, 0.3) is 16.7 Å². The number of piperazine rings is 2. The maximum absolute atomic E-state index is 13.7. The first-order chi connectivity index (χ1) is 59.2. The average Bonchev–Trinajstić information content (AvgIpc) is 1.68. The summed E-state index contributed by atoms with van der Waals surface area (Å²) in [6.45, 7) is 25.7. The fourth-order valence-electron chi connectivity index (χ4n) is 16.6. The summed E-state index contributed by atoms with van der Waals surface area (Å²) in [5, 5.41) is 32.9. The van der Waals surface area contributed by atoms with Gasteiger partial charge in [-0.05, 0) is 158 Å². The van der Waals surface area contributed by atoms with Gasteiger partial charge in [-0.3, -0.25) is 24.2 Å². The van der Waals surface area contributed by atoms with Gasteiger partial charge in [0.2, 0.25) is 30.1 Å². The molecule has 8 heterocycles. The molecule has 2 aliphatic heterocycles. The Bertz CT molecular complexity index is 5790. The summed E-state index contributed by atoms with van der Waals surface area (Å²) in [6, 6.07) is 19.6. The Morgan fingerprint density at radius 2 is 0.870 bits per heavy atom. The van der Waals surface area contributed by atoms with Crippen LogP contribution in [-0.2, 0) is 42.9 Å². The molecule has 10 aromatic rings. The van der Waals surface area contributed by atoms with Gasteiger partial charge in [0, 0.05) is 96.8 Å². The maximum atomic E-state index is 13.7. The Balaban J connectivity index is 0.000000180. The van der Waals surface area contributed by atoms with E-state index in [1.165, 1.54) is 50.0 Å². The maximum Gasteiger partial charge on any atom is 0.277 e. The molecule has 33 nitrogen and oxygen atoms in total. The first kappa shape index (κ1) is 94.2. The second kappa shape index (κ2) is 42.9. The van der Waals surface area contributed by atoms with E-state index in [9.17, 15) is 49.9 Å². The second-order valence-corrected chi connectivity index (χ2v) is 37.2. The second-order valence-electron chi connectivity index (χ2n) is 31.3. The molecule has 0 radical (unpaired) electrons. The number of hydrogen-bond donors (Lipinski definition) is 5. The first-order valence-corrected chi connectivity index (χ1v) is 47.7. The molecule has 123 heavy (non-hydrogen) atoms. The molecule has 5 N–H and O–H groups in total. The minimum absolute atomic E-state index is 0.0420. The standard InChI is InChI=1S/C32H43N5O6S.C28H40N6O5S.C27H40N6O5S/c1-8-11-23(12-9-2)31-33-21(4)29-32(38)34-30(35-37(29)31)25-20-24(14-16-26(25)43-10-3)44(39,40)36(5)18-17-22-13-15-27(41-6)28(19-22)42-7;1-3-23-25-28(36)30-26(31-34(25)27(29-23)20-9-7-5-6-8-10-20)22-19-21(11-12-24(22)39-4-2)40(37,38)33-15-13-32(14-16-33)17-18-35;1-5-8-20(9-6-2)26-28-19(4)24-27(35)29-25(30-33(24)26)22-18-21(10-11-23(22)38-7-3)39(36,37)32-14-12-31(13-15-32)16-17-34/h13-16,19-20,23H,8-12,17-18H2,1-7H3,(H,34,35,38);11-12,19-20,35H,3-10,13-18H2,1-2H3,(H,30,31,36);10-11,18,20,34H,5-9,12-17H2,1-4H3,(H,29,30,35). The Morgan fingerprint density at radius 1 is 0.480 bits per heavy atom. The van der Waals surface area contributed by atoms with Gasteiger partial charge < -0.3 is 48.8 Å². The van der Waals surface area contributed by atoms with E-state index in [1.807, 2.05) is 56.6 Å². The molecule has 13 rings (SSSR count). The number of aliphatic hydroxyl groups excluding tert-OH is 2. The van der Waals surface area contributed by atoms with Crippen LogP contribution in [0.3, 0.4) is 0 Å². The predicted molar refractivity (Wildman–Crippen MR) is 473 cm³/mol. The van der Waals surface area contributed by atoms with Gasteiger partial charge in [0.1, 0.15) is 34.7 Å². The number of likely N-dealkylation sites (N-methyl/N-ethyl adjacent to an activating group) is 1. The molecule has 670 valence electrons. The molecule has 0 atom stereocenters. The van der Waals surface area contributed by atoms with E-state index >= 15 is 0 Å². The molecule has 36 heteroatoms. The van der Waals surface area contributed by atoms with E-state index in [-0.39, 0.29) is 86.3 Å². The fourth-order valence-corrected chi connectivity index (χ4v) is 20.7. The molecule has 0 spiro atoms. The highest BCUT2D eigenvalue weighted by Crippen LogP contribution is 2.39. The quantitative estimate of drug-likeness (QED) is 0.0228. The van der Waals surface area contributed by atoms with Crippen molar-refractivity contribution in [3.63, 3.8) is 0 Å². The minimum atomic E-state index is -3.90. The zero-order chi connectivity index (χ0) is 88.5. The summed E-state index contributed by atoms with van der Waals surface area (Å²) in [6.07, 6.45) is 15.4. The SMILES string of the molecule is CCCC(CCC)c1nc(C)c2c(=O)[nH]c(-c3cc(S(=O)(=O)N(C)CCc4ccc(OC)c(OC)c4)ccc3OCC)nn12.CCCC(CCC)c1nc(C)c2c(=O)[nH]c(-c3cc(S(=O)(=O)N4CCN(CCO)CC4)ccc3OCC)nn12.CCOc1ccc(S(=O)(=O)N2CCN(CCO)CC2)cc1-c1nn2c(C3CCCCCC3)nc(CC)c2c(=O)[nH]1. The Kier molecular flexibility index (Phi) is 32.9. The summed E-state index contributed by atoms with van der Waals surface area (Å²) in [5.74, 6) is 6.00. The highest BCUT2D eigenvalue weighted by Gasteiger charge is 2.35. The predicted octanol–water partition coefficient (Wildman–Crippen LogP) is 10.9. The van der Waals surface area contributed by atoms with Crippen LogP contribution in [0.15, 0.2) is 102 Å². The molecule has 0 amide bonds. The lowest BCUT2D eigenvalue weighted by molar-refractivity contribution is 0.151. The number of imidazole rings is 3. The van der Waals surface area contributed by atoms with Crippen molar-refractivity contribution in [1.82, 2.24) is 81.5 Å².